The number of amides is 3. The van der Waals surface area contributed by atoms with E-state index < -0.39 is 35.7 Å². The normalized spacial score (nSPS) is 16.2. The highest BCUT2D eigenvalue weighted by Crippen LogP contribution is 2.42. The molecule has 6 rings (SSSR count). The molecule has 3 atom stereocenters. The van der Waals surface area contributed by atoms with E-state index in [2.05, 4.69) is 5.32 Å². The number of nitrogens with zero attached hydrogens (tertiary/aromatic N) is 4. The summed E-state index contributed by atoms with van der Waals surface area (Å²) in [4.78, 5) is 86.5. The first-order valence-corrected chi connectivity index (χ1v) is 20.1. The number of likely N-dealkylation sites (N-methyl/N-ethyl adjacent to an activating group) is 2. The van der Waals surface area contributed by atoms with E-state index in [1.54, 1.807) is 66.9 Å². The van der Waals surface area contributed by atoms with Crippen LogP contribution >= 0.6 is 0 Å². The largest absolute Gasteiger partial charge is 0.508 e. The summed E-state index contributed by atoms with van der Waals surface area (Å²) in [5, 5.41) is 13.8. The quantitative estimate of drug-likeness (QED) is 0.0973. The number of aromatic nitrogens is 2. The number of aryl methyl sites for hydroxylation is 1. The van der Waals surface area contributed by atoms with E-state index in [1.165, 1.54) is 23.9 Å². The highest BCUT2D eigenvalue weighted by Gasteiger charge is 2.51. The van der Waals surface area contributed by atoms with Crippen molar-refractivity contribution in [2.45, 2.75) is 85.3 Å². The van der Waals surface area contributed by atoms with Gasteiger partial charge in [-0.05, 0) is 66.3 Å². The van der Waals surface area contributed by atoms with Crippen molar-refractivity contribution in [2.24, 2.45) is 17.6 Å². The molecule has 0 bridgehead atoms. The highest BCUT2D eigenvalue weighted by molar-refractivity contribution is 5.96. The van der Waals surface area contributed by atoms with Gasteiger partial charge in [-0.1, -0.05) is 46.8 Å². The lowest BCUT2D eigenvalue weighted by atomic mass is 9.85. The smallest absolute Gasteiger partial charge is 0.411 e. The maximum absolute atomic E-state index is 14.0. The van der Waals surface area contributed by atoms with E-state index in [0.717, 1.165) is 16.5 Å². The van der Waals surface area contributed by atoms with Crippen LogP contribution in [-0.2, 0) is 60.4 Å². The number of nitrogens with one attached hydrogen (secondary N) is 1. The van der Waals surface area contributed by atoms with Crippen molar-refractivity contribution in [2.75, 3.05) is 32.5 Å². The van der Waals surface area contributed by atoms with Crippen LogP contribution in [0.3, 0.4) is 0 Å². The zero-order valence-corrected chi connectivity index (χ0v) is 35.0. The van der Waals surface area contributed by atoms with Crippen LogP contribution in [0.15, 0.2) is 53.3 Å². The first-order chi connectivity index (χ1) is 28.5. The molecule has 318 valence electrons. The second kappa shape index (κ2) is 17.5. The number of phenolic OH excluding ortho intramolecular Hbond substituents is 1. The number of ether oxygens (including phenoxy) is 3. The Balaban J connectivity index is 1.07. The number of phenols is 1. The predicted octanol–water partition coefficient (Wildman–Crippen LogP) is 5.21. The molecule has 60 heavy (non-hydrogen) atoms. The van der Waals surface area contributed by atoms with Gasteiger partial charge in [0.15, 0.2) is 5.78 Å². The molecule has 16 nitrogen and oxygen atoms in total. The topological polar surface area (TPSA) is 213 Å². The number of fused-ring (bicyclic) bond motifs is 5. The van der Waals surface area contributed by atoms with Crippen molar-refractivity contribution >= 4 is 46.4 Å². The molecule has 2 aliphatic heterocycles. The molecular formula is C44H52N6O10. The van der Waals surface area contributed by atoms with Gasteiger partial charge in [-0.3, -0.25) is 14.4 Å². The number of aromatic hydroxyl groups is 1. The number of carbonyl (C=O) groups excluding carboxylic acids is 5. The second-order valence-corrected chi connectivity index (χ2v) is 15.8. The third-order valence-electron chi connectivity index (χ3n) is 11.4. The Labute approximate surface area is 347 Å². The summed E-state index contributed by atoms with van der Waals surface area (Å²) in [5.74, 6) is -1.76. The van der Waals surface area contributed by atoms with E-state index >= 15 is 0 Å². The second-order valence-electron chi connectivity index (χ2n) is 15.8. The molecule has 0 spiro atoms. The number of rotatable bonds is 14. The Morgan fingerprint density at radius 1 is 0.983 bits per heavy atom. The maximum Gasteiger partial charge on any atom is 0.411 e. The van der Waals surface area contributed by atoms with Gasteiger partial charge in [-0.2, -0.15) is 0 Å². The minimum Gasteiger partial charge on any atom is -0.508 e. The summed E-state index contributed by atoms with van der Waals surface area (Å²) in [7, 11) is 2.98. The average molecular weight is 825 g/mol. The summed E-state index contributed by atoms with van der Waals surface area (Å²) >= 11 is 0. The van der Waals surface area contributed by atoms with Crippen LogP contribution in [0.5, 0.6) is 5.75 Å². The van der Waals surface area contributed by atoms with Crippen molar-refractivity contribution < 1.29 is 43.3 Å². The number of carbonyl (C=O) groups is 5. The minimum absolute atomic E-state index is 0.0144. The SMILES string of the molecule is CCc1c2c(nc3ccc(O)cc13)-c1cc3c(c(=O)n1C2)COC(=O)[C@@]3(CC)OC(=O)N(C)CCN(C)C(=O)OCc1ccc(NC(=O)[C@H](C)CC(=O)[C@@H](N)C(C)C)cc1. The van der Waals surface area contributed by atoms with Crippen molar-refractivity contribution in [3.8, 4) is 17.1 Å². The molecule has 2 aromatic carbocycles. The Kier molecular flexibility index (Phi) is 12.6. The first-order valence-electron chi connectivity index (χ1n) is 20.1. The minimum atomic E-state index is -1.92. The molecular weight excluding hydrogens is 773 g/mol. The molecule has 4 aromatic rings. The molecule has 4 N–H and O–H groups in total. The molecule has 0 fully saturated rings. The Bertz CT molecular complexity index is 2410. The van der Waals surface area contributed by atoms with Gasteiger partial charge < -0.3 is 44.7 Å². The fourth-order valence-corrected chi connectivity index (χ4v) is 7.53. The molecule has 4 heterocycles. The van der Waals surface area contributed by atoms with Crippen LogP contribution in [-0.4, -0.2) is 87.5 Å². The molecule has 0 aliphatic carbocycles. The fourth-order valence-electron chi connectivity index (χ4n) is 7.53. The first kappa shape index (κ1) is 43.3. The van der Waals surface area contributed by atoms with Gasteiger partial charge in [-0.25, -0.2) is 19.4 Å². The molecule has 2 aliphatic rings. The fraction of sp³-hybridized carbons (Fsp3) is 0.432. The highest BCUT2D eigenvalue weighted by atomic mass is 16.6. The van der Waals surface area contributed by atoms with Crippen LogP contribution < -0.4 is 16.6 Å². The lowest BCUT2D eigenvalue weighted by Gasteiger charge is -2.36. The summed E-state index contributed by atoms with van der Waals surface area (Å²) < 4.78 is 18.5. The van der Waals surface area contributed by atoms with E-state index in [1.807, 2.05) is 20.8 Å². The van der Waals surface area contributed by atoms with Crippen molar-refractivity contribution in [3.63, 3.8) is 0 Å². The summed E-state index contributed by atoms with van der Waals surface area (Å²) in [6.07, 6.45) is -0.874. The molecule has 2 aromatic heterocycles. The van der Waals surface area contributed by atoms with Gasteiger partial charge in [-0.15, -0.1) is 0 Å². The lowest BCUT2D eigenvalue weighted by Crippen LogP contribution is -2.49. The number of pyridine rings is 2. The van der Waals surface area contributed by atoms with Crippen LogP contribution in [0.4, 0.5) is 15.3 Å². The van der Waals surface area contributed by atoms with Gasteiger partial charge in [0.05, 0.1) is 35.1 Å². The zero-order chi connectivity index (χ0) is 43.6. The van der Waals surface area contributed by atoms with E-state index in [0.29, 0.717) is 34.6 Å². The Morgan fingerprint density at radius 3 is 2.32 bits per heavy atom. The van der Waals surface area contributed by atoms with E-state index in [4.69, 9.17) is 24.9 Å². The zero-order valence-electron chi connectivity index (χ0n) is 35.0. The van der Waals surface area contributed by atoms with Crippen molar-refractivity contribution in [1.82, 2.24) is 19.4 Å². The van der Waals surface area contributed by atoms with Gasteiger partial charge in [0.1, 0.15) is 19.0 Å². The number of anilines is 1. The molecule has 0 saturated heterocycles. The van der Waals surface area contributed by atoms with E-state index in [9.17, 15) is 33.9 Å². The Morgan fingerprint density at radius 2 is 1.67 bits per heavy atom. The Hall–Kier alpha value is -6.29. The molecule has 3 amide bonds. The standard InChI is InChI=1S/C44H52N6O10/c1-8-29-30-19-28(51)14-15-34(30)47-38-31(29)21-50-35(38)20-33-32(40(50)54)23-58-41(55)44(33,9-2)60-43(57)49(7)17-16-48(6)42(56)59-22-26-10-12-27(13-11-26)46-39(53)25(5)18-36(52)37(45)24(3)4/h10-15,19-20,24-25,37,51H,8-9,16-18,21-23,45H2,1-7H3,(H,46,53)/t25-,37+,44+/m1/s1. The number of hydrogen-bond donors (Lipinski definition) is 3. The van der Waals surface area contributed by atoms with Crippen LogP contribution in [0.1, 0.15) is 75.3 Å². The third kappa shape index (κ3) is 8.41. The lowest BCUT2D eigenvalue weighted by molar-refractivity contribution is -0.173. The number of esters is 1. The van der Waals surface area contributed by atoms with Crippen molar-refractivity contribution in [1.29, 1.82) is 0 Å². The average Bonchev–Trinajstić information content (AvgIpc) is 3.60. The van der Waals surface area contributed by atoms with E-state index in [-0.39, 0.29) is 85.7 Å². The van der Waals surface area contributed by atoms with Gasteiger partial charge in [0.2, 0.25) is 11.5 Å². The summed E-state index contributed by atoms with van der Waals surface area (Å²) in [5.41, 5.74) is 8.74. The number of Topliss-reactive ketones (excluding diaryl/α,β-unsaturated/α-hetero) is 1. The molecule has 0 saturated carbocycles. The van der Waals surface area contributed by atoms with Crippen LogP contribution in [0, 0.1) is 11.8 Å². The summed E-state index contributed by atoms with van der Waals surface area (Å²) in [6, 6.07) is 12.7. The number of cyclic esters (lactones) is 1. The maximum atomic E-state index is 14.0. The molecule has 0 radical (unpaired) electrons. The monoisotopic (exact) mass is 824 g/mol. The third-order valence-corrected chi connectivity index (χ3v) is 11.4. The van der Waals surface area contributed by atoms with Crippen molar-refractivity contribution in [3.05, 3.63) is 86.7 Å². The predicted molar refractivity (Wildman–Crippen MR) is 222 cm³/mol. The molecule has 16 heteroatoms. The number of ketones is 1. The van der Waals surface area contributed by atoms with Gasteiger partial charge in [0, 0.05) is 61.7 Å². The number of hydrogen-bond acceptors (Lipinski definition) is 12. The van der Waals surface area contributed by atoms with Gasteiger partial charge in [0.25, 0.3) is 5.56 Å². The number of benzene rings is 2. The summed E-state index contributed by atoms with van der Waals surface area (Å²) in [6.45, 7) is 9.01. The number of nitrogens with two attached hydrogens (primary N) is 1. The molecule has 0 unspecified atom stereocenters. The van der Waals surface area contributed by atoms with Crippen LogP contribution in [0.25, 0.3) is 22.3 Å². The van der Waals surface area contributed by atoms with Gasteiger partial charge >= 0.3 is 18.2 Å². The van der Waals surface area contributed by atoms with Crippen LogP contribution in [0.2, 0.25) is 0 Å².